The summed E-state index contributed by atoms with van der Waals surface area (Å²) in [6, 6.07) is 22.1. The van der Waals surface area contributed by atoms with Gasteiger partial charge in [-0.1, -0.05) is 18.2 Å². The van der Waals surface area contributed by atoms with E-state index in [1.54, 1.807) is 62.6 Å². The maximum Gasteiger partial charge on any atom is 0.254 e. The summed E-state index contributed by atoms with van der Waals surface area (Å²) >= 11 is 0. The quantitative estimate of drug-likeness (QED) is 0.377. The molecule has 1 heterocycles. The van der Waals surface area contributed by atoms with E-state index in [4.69, 9.17) is 13.9 Å². The topological polar surface area (TPSA) is 116 Å². The Labute approximate surface area is 202 Å². The highest BCUT2D eigenvalue weighted by Gasteiger charge is 2.17. The third kappa shape index (κ3) is 6.23. The lowest BCUT2D eigenvalue weighted by atomic mass is 10.2. The van der Waals surface area contributed by atoms with Crippen LogP contribution in [-0.4, -0.2) is 35.2 Å². The van der Waals surface area contributed by atoms with Crippen molar-refractivity contribution < 1.29 is 23.5 Å². The number of benzene rings is 3. The van der Waals surface area contributed by atoms with E-state index in [-0.39, 0.29) is 18.4 Å². The summed E-state index contributed by atoms with van der Waals surface area (Å²) in [5, 5.41) is 13.5. The number of hydrogen-bond acceptors (Lipinski definition) is 7. The van der Waals surface area contributed by atoms with Gasteiger partial charge in [-0.3, -0.25) is 9.59 Å². The standard InChI is InChI=1S/C26H24N4O5/c1-17(27-25(32)18-6-4-3-5-7-18)24(31)28-20-10-14-22(15-11-20)34-16-23-29-30-26(35-23)19-8-12-21(33-2)13-9-19/h3-15,17H,16H2,1-2H3,(H,27,32)(H,28,31)/t17-/m1/s1. The van der Waals surface area contributed by atoms with Crippen LogP contribution in [-0.2, 0) is 11.4 Å². The molecule has 0 aliphatic carbocycles. The normalized spacial score (nSPS) is 11.4. The predicted octanol–water partition coefficient (Wildman–Crippen LogP) is 4.08. The van der Waals surface area contributed by atoms with Crippen LogP contribution in [0.3, 0.4) is 0 Å². The minimum atomic E-state index is -0.712. The number of amides is 2. The van der Waals surface area contributed by atoms with E-state index < -0.39 is 6.04 Å². The average Bonchev–Trinajstić information content (AvgIpc) is 3.38. The van der Waals surface area contributed by atoms with Crippen LogP contribution >= 0.6 is 0 Å². The Kier molecular flexibility index (Phi) is 7.37. The number of hydrogen-bond donors (Lipinski definition) is 2. The summed E-state index contributed by atoms with van der Waals surface area (Å²) in [4.78, 5) is 24.7. The van der Waals surface area contributed by atoms with Crippen molar-refractivity contribution >= 4 is 17.5 Å². The van der Waals surface area contributed by atoms with Gasteiger partial charge in [-0.25, -0.2) is 0 Å². The van der Waals surface area contributed by atoms with Crippen LogP contribution in [0, 0.1) is 0 Å². The second-order valence-corrected chi connectivity index (χ2v) is 7.59. The van der Waals surface area contributed by atoms with Gasteiger partial charge in [0.1, 0.15) is 17.5 Å². The number of ether oxygens (including phenoxy) is 2. The van der Waals surface area contributed by atoms with Gasteiger partial charge in [-0.15, -0.1) is 10.2 Å². The Morgan fingerprint density at radius 2 is 1.60 bits per heavy atom. The summed E-state index contributed by atoms with van der Waals surface area (Å²) in [7, 11) is 1.60. The Morgan fingerprint density at radius 3 is 2.29 bits per heavy atom. The molecule has 0 aliphatic heterocycles. The molecule has 9 nitrogen and oxygen atoms in total. The molecule has 35 heavy (non-hydrogen) atoms. The minimum absolute atomic E-state index is 0.0947. The molecule has 0 radical (unpaired) electrons. The smallest absolute Gasteiger partial charge is 0.254 e. The average molecular weight is 473 g/mol. The molecule has 0 aliphatic rings. The lowest BCUT2D eigenvalue weighted by molar-refractivity contribution is -0.117. The summed E-state index contributed by atoms with van der Waals surface area (Å²) in [6.45, 7) is 1.72. The van der Waals surface area contributed by atoms with Gasteiger partial charge in [0.05, 0.1) is 7.11 Å². The highest BCUT2D eigenvalue weighted by atomic mass is 16.5. The molecule has 3 aromatic carbocycles. The highest BCUT2D eigenvalue weighted by molar-refractivity contribution is 6.00. The molecule has 0 bridgehead atoms. The van der Waals surface area contributed by atoms with Crippen LogP contribution in [0.4, 0.5) is 5.69 Å². The molecule has 1 aromatic heterocycles. The summed E-state index contributed by atoms with van der Waals surface area (Å²) in [5.41, 5.74) is 1.84. The molecule has 0 spiro atoms. The monoisotopic (exact) mass is 472 g/mol. The van der Waals surface area contributed by atoms with Crippen molar-refractivity contribution in [2.45, 2.75) is 19.6 Å². The van der Waals surface area contributed by atoms with Crippen LogP contribution in [0.1, 0.15) is 23.2 Å². The first kappa shape index (κ1) is 23.5. The number of anilines is 1. The Morgan fingerprint density at radius 1 is 0.914 bits per heavy atom. The fourth-order valence-electron chi connectivity index (χ4n) is 3.13. The van der Waals surface area contributed by atoms with Gasteiger partial charge in [0.15, 0.2) is 6.61 Å². The van der Waals surface area contributed by atoms with Crippen molar-refractivity contribution in [3.05, 3.63) is 90.3 Å². The molecule has 0 unspecified atom stereocenters. The zero-order chi connectivity index (χ0) is 24.6. The van der Waals surface area contributed by atoms with Crippen molar-refractivity contribution in [1.29, 1.82) is 0 Å². The van der Waals surface area contributed by atoms with E-state index in [1.807, 2.05) is 30.3 Å². The van der Waals surface area contributed by atoms with Gasteiger partial charge >= 0.3 is 0 Å². The fraction of sp³-hybridized carbons (Fsp3) is 0.154. The van der Waals surface area contributed by atoms with Gasteiger partial charge in [-0.05, 0) is 67.6 Å². The maximum absolute atomic E-state index is 12.4. The molecule has 178 valence electrons. The van der Waals surface area contributed by atoms with E-state index >= 15 is 0 Å². The highest BCUT2D eigenvalue weighted by Crippen LogP contribution is 2.22. The van der Waals surface area contributed by atoms with Crippen molar-refractivity contribution in [1.82, 2.24) is 15.5 Å². The van der Waals surface area contributed by atoms with Crippen molar-refractivity contribution in [2.24, 2.45) is 0 Å². The van der Waals surface area contributed by atoms with E-state index in [2.05, 4.69) is 20.8 Å². The third-order valence-electron chi connectivity index (χ3n) is 5.06. The Balaban J connectivity index is 1.27. The van der Waals surface area contributed by atoms with Crippen LogP contribution in [0.25, 0.3) is 11.5 Å². The van der Waals surface area contributed by atoms with E-state index in [0.29, 0.717) is 28.8 Å². The molecule has 9 heteroatoms. The molecule has 1 atom stereocenters. The first-order valence-corrected chi connectivity index (χ1v) is 10.9. The predicted molar refractivity (Wildman–Crippen MR) is 129 cm³/mol. The van der Waals surface area contributed by atoms with E-state index in [9.17, 15) is 9.59 Å². The van der Waals surface area contributed by atoms with E-state index in [0.717, 1.165) is 11.3 Å². The van der Waals surface area contributed by atoms with Crippen molar-refractivity contribution in [3.8, 4) is 23.0 Å². The number of rotatable bonds is 9. The first-order chi connectivity index (χ1) is 17.0. The second-order valence-electron chi connectivity index (χ2n) is 7.59. The number of carbonyl (C=O) groups excluding carboxylic acids is 2. The molecule has 4 aromatic rings. The summed E-state index contributed by atoms with van der Waals surface area (Å²) in [5.74, 6) is 1.38. The number of carbonyl (C=O) groups is 2. The van der Waals surface area contributed by atoms with Crippen LogP contribution in [0.2, 0.25) is 0 Å². The van der Waals surface area contributed by atoms with Crippen molar-refractivity contribution in [2.75, 3.05) is 12.4 Å². The maximum atomic E-state index is 12.4. The Hall–Kier alpha value is -4.66. The second kappa shape index (κ2) is 11.0. The zero-order valence-electron chi connectivity index (χ0n) is 19.2. The molecule has 2 N–H and O–H groups in total. The number of nitrogens with zero attached hydrogens (tertiary/aromatic N) is 2. The Bertz CT molecular complexity index is 1270. The van der Waals surface area contributed by atoms with Gasteiger partial charge < -0.3 is 24.5 Å². The largest absolute Gasteiger partial charge is 0.497 e. The number of aromatic nitrogens is 2. The van der Waals surface area contributed by atoms with Crippen molar-refractivity contribution in [3.63, 3.8) is 0 Å². The van der Waals surface area contributed by atoms with Gasteiger partial charge in [-0.2, -0.15) is 0 Å². The van der Waals surface area contributed by atoms with Crippen LogP contribution in [0.5, 0.6) is 11.5 Å². The van der Waals surface area contributed by atoms with Gasteiger partial charge in [0.2, 0.25) is 11.8 Å². The molecule has 2 amide bonds. The molecule has 0 saturated carbocycles. The van der Waals surface area contributed by atoms with E-state index in [1.165, 1.54) is 0 Å². The summed E-state index contributed by atoms with van der Waals surface area (Å²) < 4.78 is 16.5. The molecule has 0 fully saturated rings. The fourth-order valence-corrected chi connectivity index (χ4v) is 3.13. The molecular formula is C26H24N4O5. The number of nitrogens with one attached hydrogen (secondary N) is 2. The minimum Gasteiger partial charge on any atom is -0.497 e. The SMILES string of the molecule is COc1ccc(-c2nnc(COc3ccc(NC(=O)[C@@H](C)NC(=O)c4ccccc4)cc3)o2)cc1. The van der Waals surface area contributed by atoms with Crippen LogP contribution < -0.4 is 20.1 Å². The molecule has 0 saturated heterocycles. The summed E-state index contributed by atoms with van der Waals surface area (Å²) in [6.07, 6.45) is 0. The van der Waals surface area contributed by atoms with Gasteiger partial charge in [0.25, 0.3) is 11.8 Å². The first-order valence-electron chi connectivity index (χ1n) is 10.9. The third-order valence-corrected chi connectivity index (χ3v) is 5.06. The van der Waals surface area contributed by atoms with Crippen LogP contribution in [0.15, 0.2) is 83.3 Å². The number of methoxy groups -OCH3 is 1. The van der Waals surface area contributed by atoms with Gasteiger partial charge in [0, 0.05) is 16.8 Å². The lowest BCUT2D eigenvalue weighted by Gasteiger charge is -2.14. The lowest BCUT2D eigenvalue weighted by Crippen LogP contribution is -2.41. The molecular weight excluding hydrogens is 448 g/mol. The zero-order valence-corrected chi connectivity index (χ0v) is 19.2. The molecule has 4 rings (SSSR count).